The predicted molar refractivity (Wildman–Crippen MR) is 65.9 cm³/mol. The molecule has 100 valence electrons. The van der Waals surface area contributed by atoms with Crippen LogP contribution in [0.5, 0.6) is 0 Å². The Morgan fingerprint density at radius 1 is 1.42 bits per heavy atom. The summed E-state index contributed by atoms with van der Waals surface area (Å²) in [5, 5.41) is 0.521. The normalized spacial score (nSPS) is 10.2. The second kappa shape index (κ2) is 6.80. The van der Waals surface area contributed by atoms with Crippen molar-refractivity contribution >= 4 is 28.8 Å². The van der Waals surface area contributed by atoms with Crippen LogP contribution < -0.4 is 0 Å². The minimum atomic E-state index is -1.82. The van der Waals surface area contributed by atoms with E-state index in [0.717, 1.165) is 0 Å². The zero-order valence-electron chi connectivity index (χ0n) is 9.46. The molecular formula is C11H8ClF2N3O2. The Bertz CT molecular complexity index is 596. The first-order valence-corrected chi connectivity index (χ1v) is 5.13. The number of hydrogen-bond acceptors (Lipinski definition) is 4. The lowest BCUT2D eigenvalue weighted by atomic mass is 10.3. The van der Waals surface area contributed by atoms with Gasteiger partial charge in [-0.1, -0.05) is 6.58 Å². The monoisotopic (exact) mass is 287 g/mol. The summed E-state index contributed by atoms with van der Waals surface area (Å²) < 4.78 is 25.5. The molecule has 0 saturated heterocycles. The third-order valence-electron chi connectivity index (χ3n) is 2.16. The minimum absolute atomic E-state index is 0.00383. The minimum Gasteiger partial charge on any atom is -0.300 e. The van der Waals surface area contributed by atoms with E-state index in [9.17, 15) is 9.05 Å². The van der Waals surface area contributed by atoms with Crippen LogP contribution in [-0.2, 0) is 9.88 Å². The highest BCUT2D eigenvalue weighted by Gasteiger charge is 2.21. The first-order valence-electron chi connectivity index (χ1n) is 4.75. The summed E-state index contributed by atoms with van der Waals surface area (Å²) in [5.41, 5.74) is 0.380. The van der Waals surface area contributed by atoms with Crippen molar-refractivity contribution in [3.63, 3.8) is 0 Å². The maximum atomic E-state index is 12.1. The van der Waals surface area contributed by atoms with E-state index in [-0.39, 0.29) is 11.0 Å². The average molecular weight is 288 g/mol. The third-order valence-corrected chi connectivity index (χ3v) is 2.34. The fourth-order valence-electron chi connectivity index (χ4n) is 1.49. The Kier molecular flexibility index (Phi) is 5.38. The summed E-state index contributed by atoms with van der Waals surface area (Å²) in [5.74, 6) is 0. The number of hydrogen-bond donors (Lipinski definition) is 0. The molecule has 2 aromatic rings. The van der Waals surface area contributed by atoms with Gasteiger partial charge in [0.05, 0.1) is 5.69 Å². The molecule has 0 aliphatic carbocycles. The Morgan fingerprint density at radius 2 is 2.05 bits per heavy atom. The molecule has 0 spiro atoms. The van der Waals surface area contributed by atoms with Gasteiger partial charge in [-0.25, -0.2) is 4.98 Å². The van der Waals surface area contributed by atoms with Crippen molar-refractivity contribution in [1.82, 2.24) is 14.5 Å². The van der Waals surface area contributed by atoms with E-state index < -0.39 is 6.29 Å². The topological polar surface area (TPSA) is 49.2 Å². The molecular weight excluding hydrogens is 280 g/mol. The summed E-state index contributed by atoms with van der Waals surface area (Å²) in [7, 11) is 0. The van der Waals surface area contributed by atoms with Gasteiger partial charge in [-0.05, 0) is 26.7 Å². The Labute approximate surface area is 112 Å². The molecule has 0 aliphatic heterocycles. The maximum Gasteiger partial charge on any atom is 0.275 e. The molecule has 0 saturated carbocycles. The molecule has 0 aliphatic rings. The first kappa shape index (κ1) is 15.0. The Hall–Kier alpha value is -2.01. The van der Waals surface area contributed by atoms with Crippen LogP contribution in [0.2, 0.25) is 5.28 Å². The highest BCUT2D eigenvalue weighted by molar-refractivity contribution is 6.28. The molecule has 0 radical (unpaired) electrons. The van der Waals surface area contributed by atoms with Crippen molar-refractivity contribution < 1.29 is 18.9 Å². The van der Waals surface area contributed by atoms with Crippen molar-refractivity contribution in [2.75, 3.05) is 0 Å². The number of halogens is 3. The molecule has 0 bridgehead atoms. The van der Waals surface area contributed by atoms with E-state index in [1.54, 1.807) is 0 Å². The lowest BCUT2D eigenvalue weighted by Crippen LogP contribution is -2.05. The molecule has 0 fully saturated rings. The fourth-order valence-corrected chi connectivity index (χ4v) is 1.61. The zero-order valence-corrected chi connectivity index (χ0v) is 10.2. The SMILES string of the molecule is C#C.C=Cn1c(C(OF)OF)cc2cnc(Cl)nc21. The molecule has 0 N–H and O–H groups in total. The summed E-state index contributed by atoms with van der Waals surface area (Å²) in [4.78, 5) is 14.3. The van der Waals surface area contributed by atoms with Crippen LogP contribution in [0.1, 0.15) is 12.0 Å². The summed E-state index contributed by atoms with van der Waals surface area (Å²) in [6, 6.07) is 1.40. The van der Waals surface area contributed by atoms with E-state index in [4.69, 9.17) is 11.6 Å². The first-order chi connectivity index (χ1) is 9.21. The van der Waals surface area contributed by atoms with E-state index >= 15 is 0 Å². The van der Waals surface area contributed by atoms with Crippen LogP contribution in [-0.4, -0.2) is 14.5 Å². The van der Waals surface area contributed by atoms with Gasteiger partial charge in [0.1, 0.15) is 5.65 Å². The van der Waals surface area contributed by atoms with Crippen molar-refractivity contribution in [2.45, 2.75) is 6.29 Å². The quantitative estimate of drug-likeness (QED) is 0.492. The largest absolute Gasteiger partial charge is 0.300 e. The fraction of sp³-hybridized carbons (Fsp3) is 0.0909. The standard InChI is InChI=1S/C9H6ClF2N3O2.C2H2/c1-2-15-6(8(16-11)17-12)3-5-4-13-9(10)14-7(5)15;1-2/h2-4,8H,1H2;1-2H. The lowest BCUT2D eigenvalue weighted by molar-refractivity contribution is -0.355. The number of fused-ring (bicyclic) bond motifs is 1. The maximum absolute atomic E-state index is 12.1. The van der Waals surface area contributed by atoms with Gasteiger partial charge >= 0.3 is 0 Å². The van der Waals surface area contributed by atoms with E-state index in [0.29, 0.717) is 11.0 Å². The molecule has 0 atom stereocenters. The highest BCUT2D eigenvalue weighted by atomic mass is 35.5. The van der Waals surface area contributed by atoms with Gasteiger partial charge in [-0.2, -0.15) is 14.9 Å². The number of aromatic nitrogens is 3. The molecule has 2 aromatic heterocycles. The van der Waals surface area contributed by atoms with Gasteiger partial charge in [0.2, 0.25) is 5.28 Å². The molecule has 0 amide bonds. The molecule has 8 heteroatoms. The molecule has 0 aromatic carbocycles. The van der Waals surface area contributed by atoms with Crippen molar-refractivity contribution in [3.05, 3.63) is 29.8 Å². The van der Waals surface area contributed by atoms with E-state index in [1.807, 2.05) is 0 Å². The van der Waals surface area contributed by atoms with Gasteiger partial charge in [0.25, 0.3) is 6.29 Å². The zero-order chi connectivity index (χ0) is 14.4. The van der Waals surface area contributed by atoms with Crippen LogP contribution in [0.3, 0.4) is 0 Å². The second-order valence-electron chi connectivity index (χ2n) is 3.05. The molecule has 2 heterocycles. The van der Waals surface area contributed by atoms with Gasteiger partial charge in [0, 0.05) is 17.8 Å². The number of rotatable bonds is 4. The van der Waals surface area contributed by atoms with Crippen molar-refractivity contribution in [3.8, 4) is 12.8 Å². The Balaban J connectivity index is 0.000000861. The van der Waals surface area contributed by atoms with Crippen LogP contribution in [0.4, 0.5) is 9.05 Å². The second-order valence-corrected chi connectivity index (χ2v) is 3.39. The molecule has 5 nitrogen and oxygen atoms in total. The van der Waals surface area contributed by atoms with Crippen LogP contribution in [0, 0.1) is 12.8 Å². The van der Waals surface area contributed by atoms with Crippen LogP contribution in [0.15, 0.2) is 18.8 Å². The van der Waals surface area contributed by atoms with Crippen LogP contribution in [0.25, 0.3) is 17.2 Å². The number of terminal acetylenes is 1. The van der Waals surface area contributed by atoms with Gasteiger partial charge < -0.3 is 4.57 Å². The number of nitrogens with zero attached hydrogens (tertiary/aromatic N) is 3. The summed E-state index contributed by atoms with van der Waals surface area (Å²) in [6.07, 6.45) is 8.88. The van der Waals surface area contributed by atoms with Crippen molar-refractivity contribution in [2.24, 2.45) is 0 Å². The van der Waals surface area contributed by atoms with Gasteiger partial charge in [-0.3, -0.25) is 0 Å². The average Bonchev–Trinajstić information content (AvgIpc) is 2.80. The molecule has 2 rings (SSSR count). The molecule has 0 unspecified atom stereocenters. The summed E-state index contributed by atoms with van der Waals surface area (Å²) >= 11 is 5.62. The summed E-state index contributed by atoms with van der Waals surface area (Å²) in [6.45, 7) is 3.50. The van der Waals surface area contributed by atoms with Crippen molar-refractivity contribution in [1.29, 1.82) is 0 Å². The van der Waals surface area contributed by atoms with Gasteiger partial charge in [0.15, 0.2) is 0 Å². The van der Waals surface area contributed by atoms with Gasteiger partial charge in [-0.15, -0.1) is 12.8 Å². The predicted octanol–water partition coefficient (Wildman–Crippen LogP) is 3.24. The molecule has 19 heavy (non-hydrogen) atoms. The Morgan fingerprint density at radius 3 is 2.58 bits per heavy atom. The highest BCUT2D eigenvalue weighted by Crippen LogP contribution is 2.27. The third kappa shape index (κ3) is 2.88. The van der Waals surface area contributed by atoms with E-state index in [1.165, 1.54) is 23.0 Å². The van der Waals surface area contributed by atoms with E-state index in [2.05, 4.69) is 39.3 Å². The lowest BCUT2D eigenvalue weighted by Gasteiger charge is -2.08. The van der Waals surface area contributed by atoms with Crippen LogP contribution >= 0.6 is 11.6 Å². The smallest absolute Gasteiger partial charge is 0.275 e.